The summed E-state index contributed by atoms with van der Waals surface area (Å²) in [6, 6.07) is 13.8. The molecule has 0 spiro atoms. The number of nitrogens with one attached hydrogen (secondary N) is 1. The maximum atomic E-state index is 12.6. The predicted molar refractivity (Wildman–Crippen MR) is 101 cm³/mol. The molecule has 1 fully saturated rings. The molecule has 6 nitrogen and oxygen atoms in total. The Morgan fingerprint density at radius 1 is 0.923 bits per heavy atom. The zero-order valence-electron chi connectivity index (χ0n) is 14.4. The molecule has 2 aromatic carbocycles. The molecule has 0 aliphatic carbocycles. The van der Waals surface area contributed by atoms with E-state index in [9.17, 15) is 9.59 Å². The summed E-state index contributed by atoms with van der Waals surface area (Å²) in [6.07, 6.45) is 0. The van der Waals surface area contributed by atoms with Crippen LogP contribution in [-0.4, -0.2) is 55.0 Å². The molecule has 3 rings (SSSR count). The van der Waals surface area contributed by atoms with E-state index in [0.29, 0.717) is 48.2 Å². The van der Waals surface area contributed by atoms with Crippen LogP contribution in [0.4, 0.5) is 10.5 Å². The Balaban J connectivity index is 1.53. The number of hydrogen-bond acceptors (Lipinski definition) is 3. The number of methoxy groups -OCH3 is 1. The second-order valence-electron chi connectivity index (χ2n) is 5.94. The SMILES string of the molecule is COc1ccc(C(=O)N2CCN(C(=O)Nc3ccc(Cl)cc3)CC2)cc1. The maximum Gasteiger partial charge on any atom is 0.321 e. The first-order valence-electron chi connectivity index (χ1n) is 8.31. The number of benzene rings is 2. The van der Waals surface area contributed by atoms with Gasteiger partial charge in [0.15, 0.2) is 0 Å². The molecule has 1 N–H and O–H groups in total. The average molecular weight is 374 g/mol. The Hall–Kier alpha value is -2.73. The standard InChI is InChI=1S/C19H20ClN3O3/c1-26-17-8-2-14(3-9-17)18(24)22-10-12-23(13-11-22)19(25)21-16-6-4-15(20)5-7-16/h2-9H,10-13H2,1H3,(H,21,25). The third-order valence-corrected chi connectivity index (χ3v) is 4.54. The van der Waals surface area contributed by atoms with E-state index in [2.05, 4.69) is 5.32 Å². The van der Waals surface area contributed by atoms with E-state index in [0.717, 1.165) is 0 Å². The first-order chi connectivity index (χ1) is 12.6. The van der Waals surface area contributed by atoms with Gasteiger partial charge in [-0.15, -0.1) is 0 Å². The number of nitrogens with zero attached hydrogens (tertiary/aromatic N) is 2. The Morgan fingerprint density at radius 2 is 1.50 bits per heavy atom. The first kappa shape index (κ1) is 18.1. The van der Waals surface area contributed by atoms with Gasteiger partial charge in [-0.2, -0.15) is 0 Å². The van der Waals surface area contributed by atoms with Gasteiger partial charge < -0.3 is 19.9 Å². The maximum absolute atomic E-state index is 12.6. The topological polar surface area (TPSA) is 61.9 Å². The van der Waals surface area contributed by atoms with Crippen LogP contribution >= 0.6 is 11.6 Å². The van der Waals surface area contributed by atoms with Crippen molar-refractivity contribution in [1.29, 1.82) is 0 Å². The number of ether oxygens (including phenoxy) is 1. The van der Waals surface area contributed by atoms with Crippen LogP contribution in [0.5, 0.6) is 5.75 Å². The fourth-order valence-electron chi connectivity index (χ4n) is 2.76. The predicted octanol–water partition coefficient (Wildman–Crippen LogP) is 3.34. The van der Waals surface area contributed by atoms with Crippen LogP contribution in [0.2, 0.25) is 5.02 Å². The minimum Gasteiger partial charge on any atom is -0.497 e. The highest BCUT2D eigenvalue weighted by molar-refractivity contribution is 6.30. The van der Waals surface area contributed by atoms with Crippen LogP contribution in [-0.2, 0) is 0 Å². The number of carbonyl (C=O) groups excluding carboxylic acids is 2. The molecule has 1 aliphatic heterocycles. The molecular weight excluding hydrogens is 354 g/mol. The smallest absolute Gasteiger partial charge is 0.321 e. The highest BCUT2D eigenvalue weighted by Gasteiger charge is 2.24. The summed E-state index contributed by atoms with van der Waals surface area (Å²) in [4.78, 5) is 28.3. The fraction of sp³-hybridized carbons (Fsp3) is 0.263. The lowest BCUT2D eigenvalue weighted by Crippen LogP contribution is -2.51. The summed E-state index contributed by atoms with van der Waals surface area (Å²) >= 11 is 5.84. The molecule has 0 atom stereocenters. The van der Waals surface area contributed by atoms with Crippen molar-refractivity contribution in [3.05, 3.63) is 59.1 Å². The quantitative estimate of drug-likeness (QED) is 0.897. The van der Waals surface area contributed by atoms with E-state index in [4.69, 9.17) is 16.3 Å². The van der Waals surface area contributed by atoms with E-state index < -0.39 is 0 Å². The molecular formula is C19H20ClN3O3. The molecule has 136 valence electrons. The van der Waals surface area contributed by atoms with Crippen molar-refractivity contribution in [3.8, 4) is 5.75 Å². The van der Waals surface area contributed by atoms with Gasteiger partial charge in [0.1, 0.15) is 5.75 Å². The average Bonchev–Trinajstić information content (AvgIpc) is 2.69. The number of rotatable bonds is 3. The summed E-state index contributed by atoms with van der Waals surface area (Å²) in [5.74, 6) is 0.677. The van der Waals surface area contributed by atoms with Crippen molar-refractivity contribution < 1.29 is 14.3 Å². The van der Waals surface area contributed by atoms with E-state index >= 15 is 0 Å². The normalized spacial score (nSPS) is 14.1. The molecule has 1 saturated heterocycles. The molecule has 1 aliphatic rings. The number of carbonyl (C=O) groups is 2. The van der Waals surface area contributed by atoms with Crippen LogP contribution < -0.4 is 10.1 Å². The van der Waals surface area contributed by atoms with Gasteiger partial charge in [0.05, 0.1) is 7.11 Å². The number of piperazine rings is 1. The van der Waals surface area contributed by atoms with Gasteiger partial charge in [-0.05, 0) is 48.5 Å². The van der Waals surface area contributed by atoms with E-state index in [1.807, 2.05) is 0 Å². The van der Waals surface area contributed by atoms with Crippen molar-refractivity contribution >= 4 is 29.2 Å². The summed E-state index contributed by atoms with van der Waals surface area (Å²) in [6.45, 7) is 1.97. The van der Waals surface area contributed by atoms with Gasteiger partial charge in [-0.25, -0.2) is 4.79 Å². The monoisotopic (exact) mass is 373 g/mol. The molecule has 7 heteroatoms. The van der Waals surface area contributed by atoms with Crippen LogP contribution in [0.3, 0.4) is 0 Å². The molecule has 3 amide bonds. The summed E-state index contributed by atoms with van der Waals surface area (Å²) in [7, 11) is 1.59. The van der Waals surface area contributed by atoms with Crippen molar-refractivity contribution in [2.24, 2.45) is 0 Å². The van der Waals surface area contributed by atoms with Crippen LogP contribution in [0.15, 0.2) is 48.5 Å². The van der Waals surface area contributed by atoms with Gasteiger partial charge in [-0.3, -0.25) is 4.79 Å². The number of halogens is 1. The van der Waals surface area contributed by atoms with Gasteiger partial charge in [0.2, 0.25) is 0 Å². The summed E-state index contributed by atoms with van der Waals surface area (Å²) in [5, 5.41) is 3.46. The Morgan fingerprint density at radius 3 is 2.08 bits per heavy atom. The third-order valence-electron chi connectivity index (χ3n) is 4.29. The molecule has 26 heavy (non-hydrogen) atoms. The second kappa shape index (κ2) is 8.10. The van der Waals surface area contributed by atoms with E-state index in [1.165, 1.54) is 0 Å². The molecule has 0 radical (unpaired) electrons. The lowest BCUT2D eigenvalue weighted by atomic mass is 10.1. The van der Waals surface area contributed by atoms with Crippen LogP contribution in [0.1, 0.15) is 10.4 Å². The zero-order valence-corrected chi connectivity index (χ0v) is 15.2. The van der Waals surface area contributed by atoms with Crippen molar-refractivity contribution in [2.75, 3.05) is 38.6 Å². The highest BCUT2D eigenvalue weighted by atomic mass is 35.5. The molecule has 0 saturated carbocycles. The number of hydrogen-bond donors (Lipinski definition) is 1. The highest BCUT2D eigenvalue weighted by Crippen LogP contribution is 2.16. The molecule has 0 unspecified atom stereocenters. The van der Waals surface area contributed by atoms with Crippen molar-refractivity contribution in [1.82, 2.24) is 9.80 Å². The summed E-state index contributed by atoms with van der Waals surface area (Å²) in [5.41, 5.74) is 1.31. The lowest BCUT2D eigenvalue weighted by Gasteiger charge is -2.34. The van der Waals surface area contributed by atoms with Gasteiger partial charge in [-0.1, -0.05) is 11.6 Å². The van der Waals surface area contributed by atoms with Crippen LogP contribution in [0, 0.1) is 0 Å². The minimum atomic E-state index is -0.177. The largest absolute Gasteiger partial charge is 0.497 e. The van der Waals surface area contributed by atoms with Crippen molar-refractivity contribution in [3.63, 3.8) is 0 Å². The zero-order chi connectivity index (χ0) is 18.5. The Labute approximate surface area is 157 Å². The minimum absolute atomic E-state index is 0.0367. The Kier molecular flexibility index (Phi) is 5.63. The van der Waals surface area contributed by atoms with Gasteiger partial charge in [0, 0.05) is 42.5 Å². The fourth-order valence-corrected chi connectivity index (χ4v) is 2.89. The van der Waals surface area contributed by atoms with Crippen molar-refractivity contribution in [2.45, 2.75) is 0 Å². The number of anilines is 1. The molecule has 2 aromatic rings. The molecule has 1 heterocycles. The lowest BCUT2D eigenvalue weighted by molar-refractivity contribution is 0.0671. The third kappa shape index (κ3) is 4.26. The number of amides is 3. The van der Waals surface area contributed by atoms with E-state index in [1.54, 1.807) is 65.4 Å². The molecule has 0 bridgehead atoms. The number of urea groups is 1. The van der Waals surface area contributed by atoms with Crippen LogP contribution in [0.25, 0.3) is 0 Å². The summed E-state index contributed by atoms with van der Waals surface area (Å²) < 4.78 is 5.11. The second-order valence-corrected chi connectivity index (χ2v) is 6.38. The van der Waals surface area contributed by atoms with Gasteiger partial charge >= 0.3 is 6.03 Å². The van der Waals surface area contributed by atoms with E-state index in [-0.39, 0.29) is 11.9 Å². The Bertz CT molecular complexity index is 770. The first-order valence-corrected chi connectivity index (χ1v) is 8.69. The molecule has 0 aromatic heterocycles. The van der Waals surface area contributed by atoms with Gasteiger partial charge in [0.25, 0.3) is 5.91 Å².